The number of hydrogen-bond acceptors (Lipinski definition) is 1. The van der Waals surface area contributed by atoms with E-state index in [1.807, 2.05) is 30.3 Å². The lowest BCUT2D eigenvalue weighted by atomic mass is 9.88. The third-order valence-electron chi connectivity index (χ3n) is 4.01. The van der Waals surface area contributed by atoms with Gasteiger partial charge < -0.3 is 4.74 Å². The van der Waals surface area contributed by atoms with Gasteiger partial charge in [0, 0.05) is 17.0 Å². The van der Waals surface area contributed by atoms with Crippen LogP contribution in [-0.4, -0.2) is 0 Å². The average molecular weight is 284 g/mol. The van der Waals surface area contributed by atoms with Gasteiger partial charge in [0.25, 0.3) is 0 Å². The molecule has 1 heteroatoms. The molecule has 0 amide bonds. The van der Waals surface area contributed by atoms with Crippen LogP contribution in [0.25, 0.3) is 5.76 Å². The van der Waals surface area contributed by atoms with Crippen molar-refractivity contribution in [2.75, 3.05) is 0 Å². The molecule has 0 saturated heterocycles. The first-order chi connectivity index (χ1) is 10.9. The molecule has 1 heterocycles. The molecule has 1 aliphatic rings. The molecule has 0 bridgehead atoms. The zero-order valence-corrected chi connectivity index (χ0v) is 12.1. The maximum absolute atomic E-state index is 6.13. The zero-order chi connectivity index (χ0) is 14.8. The first kappa shape index (κ1) is 12.9. The molecule has 1 aliphatic heterocycles. The SMILES string of the molecule is C1=C(c2ccccc2)Oc2ccccc2C1c1ccccc1. The molecule has 3 aromatic carbocycles. The number of rotatable bonds is 2. The molecule has 0 saturated carbocycles. The fourth-order valence-electron chi connectivity index (χ4n) is 2.92. The van der Waals surface area contributed by atoms with Gasteiger partial charge in [-0.3, -0.25) is 0 Å². The summed E-state index contributed by atoms with van der Waals surface area (Å²) in [4.78, 5) is 0. The Morgan fingerprint density at radius 3 is 2.05 bits per heavy atom. The smallest absolute Gasteiger partial charge is 0.131 e. The summed E-state index contributed by atoms with van der Waals surface area (Å²) in [6.07, 6.45) is 2.22. The van der Waals surface area contributed by atoms with Crippen molar-refractivity contribution in [2.45, 2.75) is 5.92 Å². The van der Waals surface area contributed by atoms with Gasteiger partial charge in [0.05, 0.1) is 0 Å². The van der Waals surface area contributed by atoms with Gasteiger partial charge in [0.2, 0.25) is 0 Å². The van der Waals surface area contributed by atoms with Crippen LogP contribution in [-0.2, 0) is 0 Å². The minimum Gasteiger partial charge on any atom is -0.457 e. The van der Waals surface area contributed by atoms with Crippen molar-refractivity contribution in [1.82, 2.24) is 0 Å². The third-order valence-corrected chi connectivity index (χ3v) is 4.01. The Labute approximate surface area is 130 Å². The first-order valence-electron chi connectivity index (χ1n) is 7.51. The van der Waals surface area contributed by atoms with Gasteiger partial charge in [-0.05, 0) is 17.7 Å². The first-order valence-corrected chi connectivity index (χ1v) is 7.51. The zero-order valence-electron chi connectivity index (χ0n) is 12.1. The number of benzene rings is 3. The van der Waals surface area contributed by atoms with E-state index >= 15 is 0 Å². The van der Waals surface area contributed by atoms with Gasteiger partial charge in [0.1, 0.15) is 11.5 Å². The predicted octanol–water partition coefficient (Wildman–Crippen LogP) is 5.25. The number of ether oxygens (including phenoxy) is 1. The molecule has 0 fully saturated rings. The lowest BCUT2D eigenvalue weighted by Gasteiger charge is -2.25. The van der Waals surface area contributed by atoms with Crippen molar-refractivity contribution in [1.29, 1.82) is 0 Å². The van der Waals surface area contributed by atoms with Crippen LogP contribution < -0.4 is 4.74 Å². The van der Waals surface area contributed by atoms with E-state index in [1.165, 1.54) is 11.1 Å². The van der Waals surface area contributed by atoms with Gasteiger partial charge in [0.15, 0.2) is 0 Å². The highest BCUT2D eigenvalue weighted by Gasteiger charge is 2.23. The second kappa shape index (κ2) is 5.53. The number of allylic oxidation sites excluding steroid dienone is 1. The predicted molar refractivity (Wildman–Crippen MR) is 89.8 cm³/mol. The Morgan fingerprint density at radius 1 is 0.636 bits per heavy atom. The highest BCUT2D eigenvalue weighted by Crippen LogP contribution is 2.40. The summed E-state index contributed by atoms with van der Waals surface area (Å²) in [6, 6.07) is 29.1. The highest BCUT2D eigenvalue weighted by molar-refractivity contribution is 5.68. The van der Waals surface area contributed by atoms with E-state index < -0.39 is 0 Å². The largest absolute Gasteiger partial charge is 0.457 e. The van der Waals surface area contributed by atoms with Gasteiger partial charge in [-0.25, -0.2) is 0 Å². The lowest BCUT2D eigenvalue weighted by Crippen LogP contribution is -2.10. The summed E-state index contributed by atoms with van der Waals surface area (Å²) in [6.45, 7) is 0. The Balaban J connectivity index is 1.85. The van der Waals surface area contributed by atoms with Crippen LogP contribution >= 0.6 is 0 Å². The summed E-state index contributed by atoms with van der Waals surface area (Å²) in [7, 11) is 0. The molecule has 0 N–H and O–H groups in total. The second-order valence-corrected chi connectivity index (χ2v) is 5.43. The molecule has 22 heavy (non-hydrogen) atoms. The standard InChI is InChI=1S/C21H16O/c1-3-9-16(10-4-1)19-15-21(17-11-5-2-6-12-17)22-20-14-8-7-13-18(19)20/h1-15,19H. The molecule has 1 atom stereocenters. The van der Waals surface area contributed by atoms with E-state index in [4.69, 9.17) is 4.74 Å². The van der Waals surface area contributed by atoms with Crippen LogP contribution in [0.5, 0.6) is 5.75 Å². The Bertz CT molecular complexity index is 804. The van der Waals surface area contributed by atoms with Gasteiger partial charge in [-0.2, -0.15) is 0 Å². The van der Waals surface area contributed by atoms with Gasteiger partial charge >= 0.3 is 0 Å². The van der Waals surface area contributed by atoms with Crippen molar-refractivity contribution in [3.63, 3.8) is 0 Å². The molecule has 4 rings (SSSR count). The van der Waals surface area contributed by atoms with Crippen LogP contribution in [0.2, 0.25) is 0 Å². The quantitative estimate of drug-likeness (QED) is 0.624. The molecular weight excluding hydrogens is 268 g/mol. The van der Waals surface area contributed by atoms with Crippen LogP contribution in [0.1, 0.15) is 22.6 Å². The minimum atomic E-state index is 0.223. The van der Waals surface area contributed by atoms with Crippen molar-refractivity contribution >= 4 is 5.76 Å². The van der Waals surface area contributed by atoms with Crippen molar-refractivity contribution in [2.24, 2.45) is 0 Å². The van der Waals surface area contributed by atoms with Crippen LogP contribution in [0.3, 0.4) is 0 Å². The fraction of sp³-hybridized carbons (Fsp3) is 0.0476. The molecule has 0 spiro atoms. The topological polar surface area (TPSA) is 9.23 Å². The lowest BCUT2D eigenvalue weighted by molar-refractivity contribution is 0.492. The molecular formula is C21H16O. The highest BCUT2D eigenvalue weighted by atomic mass is 16.5. The summed E-state index contributed by atoms with van der Waals surface area (Å²) < 4.78 is 6.13. The van der Waals surface area contributed by atoms with E-state index in [-0.39, 0.29) is 5.92 Å². The third kappa shape index (κ3) is 2.31. The van der Waals surface area contributed by atoms with Crippen LogP contribution in [0.4, 0.5) is 0 Å². The molecule has 0 aromatic heterocycles. The van der Waals surface area contributed by atoms with Crippen LogP contribution in [0, 0.1) is 0 Å². The Morgan fingerprint density at radius 2 is 1.27 bits per heavy atom. The fourth-order valence-corrected chi connectivity index (χ4v) is 2.92. The molecule has 1 unspecified atom stereocenters. The Hall–Kier alpha value is -2.80. The van der Waals surface area contributed by atoms with Gasteiger partial charge in [-0.1, -0.05) is 78.9 Å². The van der Waals surface area contributed by atoms with Crippen LogP contribution in [0.15, 0.2) is 91.0 Å². The van der Waals surface area contributed by atoms with Gasteiger partial charge in [-0.15, -0.1) is 0 Å². The van der Waals surface area contributed by atoms with Crippen molar-refractivity contribution in [3.8, 4) is 5.75 Å². The number of fused-ring (bicyclic) bond motifs is 1. The van der Waals surface area contributed by atoms with Crippen molar-refractivity contribution in [3.05, 3.63) is 108 Å². The summed E-state index contributed by atoms with van der Waals surface area (Å²) >= 11 is 0. The monoisotopic (exact) mass is 284 g/mol. The molecule has 106 valence electrons. The van der Waals surface area contributed by atoms with E-state index in [1.54, 1.807) is 0 Å². The summed E-state index contributed by atoms with van der Waals surface area (Å²) in [5, 5.41) is 0. The summed E-state index contributed by atoms with van der Waals surface area (Å²) in [5.41, 5.74) is 3.61. The number of para-hydroxylation sites is 1. The maximum Gasteiger partial charge on any atom is 0.131 e. The van der Waals surface area contributed by atoms with E-state index in [2.05, 4.69) is 60.7 Å². The molecule has 3 aromatic rings. The summed E-state index contributed by atoms with van der Waals surface area (Å²) in [5.74, 6) is 2.09. The van der Waals surface area contributed by atoms with E-state index in [0.29, 0.717) is 0 Å². The number of hydrogen-bond donors (Lipinski definition) is 0. The molecule has 0 aliphatic carbocycles. The molecule has 1 nitrogen and oxygen atoms in total. The van der Waals surface area contributed by atoms with E-state index in [9.17, 15) is 0 Å². The van der Waals surface area contributed by atoms with Crippen molar-refractivity contribution < 1.29 is 4.74 Å². The normalized spacial score (nSPS) is 16.4. The minimum absolute atomic E-state index is 0.223. The second-order valence-electron chi connectivity index (χ2n) is 5.43. The van der Waals surface area contributed by atoms with E-state index in [0.717, 1.165) is 17.1 Å². The molecule has 0 radical (unpaired) electrons. The maximum atomic E-state index is 6.13. The Kier molecular flexibility index (Phi) is 3.24. The average Bonchev–Trinajstić information content (AvgIpc) is 2.62.